The largest absolute Gasteiger partial charge is 0.480 e. The molecule has 7 nitrogen and oxygen atoms in total. The molecule has 25 heavy (non-hydrogen) atoms. The van der Waals surface area contributed by atoms with E-state index in [1.165, 1.54) is 20.5 Å². The molecule has 2 aromatic rings. The van der Waals surface area contributed by atoms with Gasteiger partial charge in [0, 0.05) is 25.0 Å². The Morgan fingerprint density at radius 1 is 1.12 bits per heavy atom. The molecule has 0 saturated carbocycles. The number of ether oxygens (including phenoxy) is 2. The minimum atomic E-state index is -0.238. The van der Waals surface area contributed by atoms with E-state index in [0.29, 0.717) is 13.1 Å². The lowest BCUT2D eigenvalue weighted by atomic mass is 9.95. The SMILES string of the molecule is COc1ncnc(OC)c1C(=O)N1C[C@@H](N)[C@H](c2ccccc2)C1.Cl. The van der Waals surface area contributed by atoms with Gasteiger partial charge in [-0.3, -0.25) is 4.79 Å². The predicted octanol–water partition coefficient (Wildman–Crippen LogP) is 1.48. The Morgan fingerprint density at radius 3 is 2.28 bits per heavy atom. The highest BCUT2D eigenvalue weighted by molar-refractivity contribution is 5.98. The van der Waals surface area contributed by atoms with Gasteiger partial charge in [-0.2, -0.15) is 0 Å². The summed E-state index contributed by atoms with van der Waals surface area (Å²) < 4.78 is 10.4. The summed E-state index contributed by atoms with van der Waals surface area (Å²) in [6.07, 6.45) is 1.30. The van der Waals surface area contributed by atoms with Crippen molar-refractivity contribution >= 4 is 18.3 Å². The van der Waals surface area contributed by atoms with Crippen LogP contribution in [-0.4, -0.2) is 54.1 Å². The average Bonchev–Trinajstić information content (AvgIpc) is 3.02. The summed E-state index contributed by atoms with van der Waals surface area (Å²) >= 11 is 0. The Morgan fingerprint density at radius 2 is 1.72 bits per heavy atom. The van der Waals surface area contributed by atoms with E-state index in [2.05, 4.69) is 9.97 Å². The van der Waals surface area contributed by atoms with Gasteiger partial charge < -0.3 is 20.1 Å². The first-order valence-electron chi connectivity index (χ1n) is 7.68. The van der Waals surface area contributed by atoms with Gasteiger partial charge in [0.05, 0.1) is 14.2 Å². The van der Waals surface area contributed by atoms with Crippen LogP contribution in [-0.2, 0) is 0 Å². The van der Waals surface area contributed by atoms with Crippen LogP contribution in [0, 0.1) is 0 Å². The number of hydrogen-bond donors (Lipinski definition) is 1. The van der Waals surface area contributed by atoms with Gasteiger partial charge in [0.15, 0.2) is 5.56 Å². The monoisotopic (exact) mass is 364 g/mol. The fourth-order valence-electron chi connectivity index (χ4n) is 3.05. The van der Waals surface area contributed by atoms with Crippen molar-refractivity contribution in [2.45, 2.75) is 12.0 Å². The van der Waals surface area contributed by atoms with E-state index in [-0.39, 0.29) is 47.6 Å². The number of rotatable bonds is 4. The molecule has 0 unspecified atom stereocenters. The third-order valence-corrected chi connectivity index (χ3v) is 4.26. The normalized spacial score (nSPS) is 19.2. The Balaban J connectivity index is 0.00000225. The van der Waals surface area contributed by atoms with E-state index >= 15 is 0 Å². The minimum absolute atomic E-state index is 0. The van der Waals surface area contributed by atoms with Gasteiger partial charge in [-0.15, -0.1) is 12.4 Å². The Bertz CT molecular complexity index is 707. The van der Waals surface area contributed by atoms with Gasteiger partial charge in [-0.25, -0.2) is 9.97 Å². The molecule has 0 bridgehead atoms. The van der Waals surface area contributed by atoms with Crippen molar-refractivity contribution in [3.05, 3.63) is 47.8 Å². The van der Waals surface area contributed by atoms with Gasteiger partial charge in [0.2, 0.25) is 11.8 Å². The lowest BCUT2D eigenvalue weighted by Gasteiger charge is -2.18. The van der Waals surface area contributed by atoms with Crippen molar-refractivity contribution in [3.63, 3.8) is 0 Å². The molecule has 134 valence electrons. The van der Waals surface area contributed by atoms with Crippen LogP contribution in [0.1, 0.15) is 21.8 Å². The number of nitrogens with two attached hydrogens (primary N) is 1. The van der Waals surface area contributed by atoms with Crippen molar-refractivity contribution in [3.8, 4) is 11.8 Å². The molecule has 8 heteroatoms. The van der Waals surface area contributed by atoms with Gasteiger partial charge >= 0.3 is 0 Å². The van der Waals surface area contributed by atoms with E-state index in [4.69, 9.17) is 15.2 Å². The number of halogens is 1. The van der Waals surface area contributed by atoms with E-state index < -0.39 is 0 Å². The first-order chi connectivity index (χ1) is 11.7. The Labute approximate surface area is 152 Å². The second-order valence-electron chi connectivity index (χ2n) is 5.66. The fourth-order valence-corrected chi connectivity index (χ4v) is 3.05. The maximum atomic E-state index is 13.0. The number of likely N-dealkylation sites (tertiary alicyclic amines) is 1. The maximum absolute atomic E-state index is 13.0. The molecule has 1 aromatic carbocycles. The number of nitrogens with zero attached hydrogens (tertiary/aromatic N) is 3. The van der Waals surface area contributed by atoms with Crippen molar-refractivity contribution in [1.82, 2.24) is 14.9 Å². The highest BCUT2D eigenvalue weighted by Gasteiger charge is 2.36. The van der Waals surface area contributed by atoms with Crippen molar-refractivity contribution in [2.75, 3.05) is 27.3 Å². The van der Waals surface area contributed by atoms with E-state index in [0.717, 1.165) is 5.56 Å². The summed E-state index contributed by atoms with van der Waals surface area (Å²) in [6.45, 7) is 0.991. The maximum Gasteiger partial charge on any atom is 0.264 e. The summed E-state index contributed by atoms with van der Waals surface area (Å²) in [4.78, 5) is 22.7. The molecule has 0 radical (unpaired) electrons. The van der Waals surface area contributed by atoms with Crippen molar-refractivity contribution in [2.24, 2.45) is 5.73 Å². The van der Waals surface area contributed by atoms with E-state index in [9.17, 15) is 4.79 Å². The van der Waals surface area contributed by atoms with E-state index in [1.54, 1.807) is 4.90 Å². The lowest BCUT2D eigenvalue weighted by Crippen LogP contribution is -2.32. The number of amides is 1. The van der Waals surface area contributed by atoms with Gasteiger partial charge in [-0.1, -0.05) is 30.3 Å². The number of methoxy groups -OCH3 is 2. The highest BCUT2D eigenvalue weighted by Crippen LogP contribution is 2.31. The molecule has 1 amide bonds. The van der Waals surface area contributed by atoms with E-state index in [1.807, 2.05) is 30.3 Å². The molecule has 2 N–H and O–H groups in total. The van der Waals surface area contributed by atoms with Gasteiger partial charge in [-0.05, 0) is 5.56 Å². The van der Waals surface area contributed by atoms with Crippen LogP contribution in [0.3, 0.4) is 0 Å². The number of hydrogen-bond acceptors (Lipinski definition) is 6. The summed E-state index contributed by atoms with van der Waals surface area (Å²) in [5.41, 5.74) is 7.62. The quantitative estimate of drug-likeness (QED) is 0.883. The number of carbonyl (C=O) groups is 1. The first-order valence-corrected chi connectivity index (χ1v) is 7.68. The molecule has 0 aliphatic carbocycles. The summed E-state index contributed by atoms with van der Waals surface area (Å²) in [5.74, 6) is 0.252. The summed E-state index contributed by atoms with van der Waals surface area (Å²) in [5, 5.41) is 0. The van der Waals surface area contributed by atoms with Crippen molar-refractivity contribution in [1.29, 1.82) is 0 Å². The molecule has 1 aromatic heterocycles. The van der Waals surface area contributed by atoms with Gasteiger partial charge in [0.25, 0.3) is 5.91 Å². The third kappa shape index (κ3) is 3.67. The third-order valence-electron chi connectivity index (χ3n) is 4.26. The fraction of sp³-hybridized carbons (Fsp3) is 0.353. The Kier molecular flexibility index (Phi) is 6.17. The zero-order valence-corrected chi connectivity index (χ0v) is 14.9. The van der Waals surface area contributed by atoms with Crippen molar-refractivity contribution < 1.29 is 14.3 Å². The number of aromatic nitrogens is 2. The lowest BCUT2D eigenvalue weighted by molar-refractivity contribution is 0.0780. The predicted molar refractivity (Wildman–Crippen MR) is 95.4 cm³/mol. The smallest absolute Gasteiger partial charge is 0.264 e. The molecule has 1 saturated heterocycles. The molecule has 3 rings (SSSR count). The zero-order chi connectivity index (χ0) is 17.1. The molecule has 0 spiro atoms. The second-order valence-corrected chi connectivity index (χ2v) is 5.66. The van der Waals surface area contributed by atoms with Crippen LogP contribution in [0.5, 0.6) is 11.8 Å². The topological polar surface area (TPSA) is 90.6 Å². The molecule has 2 atom stereocenters. The van der Waals surface area contributed by atoms with Crippen LogP contribution in [0.2, 0.25) is 0 Å². The van der Waals surface area contributed by atoms with Crippen LogP contribution < -0.4 is 15.2 Å². The second kappa shape index (κ2) is 8.13. The molecular weight excluding hydrogens is 344 g/mol. The van der Waals surface area contributed by atoms with Crippen LogP contribution in [0.4, 0.5) is 0 Å². The molecule has 1 fully saturated rings. The standard InChI is InChI=1S/C17H20N4O3.ClH/c1-23-15-14(16(24-2)20-10-19-15)17(22)21-8-12(13(18)9-21)11-6-4-3-5-7-11;/h3-7,10,12-13H,8-9,18H2,1-2H3;1H/t12-,13+;/m0./s1. The minimum Gasteiger partial charge on any atom is -0.480 e. The average molecular weight is 365 g/mol. The van der Waals surface area contributed by atoms with Crippen LogP contribution in [0.25, 0.3) is 0 Å². The molecule has 1 aliphatic rings. The molecule has 2 heterocycles. The summed E-state index contributed by atoms with van der Waals surface area (Å²) in [7, 11) is 2.92. The zero-order valence-electron chi connectivity index (χ0n) is 14.1. The molecular formula is C17H21ClN4O3. The first kappa shape index (κ1) is 19.0. The van der Waals surface area contributed by atoms with Crippen LogP contribution in [0.15, 0.2) is 36.7 Å². The molecule has 1 aliphatic heterocycles. The number of carbonyl (C=O) groups excluding carboxylic acids is 1. The van der Waals surface area contributed by atoms with Gasteiger partial charge in [0.1, 0.15) is 6.33 Å². The highest BCUT2D eigenvalue weighted by atomic mass is 35.5. The van der Waals surface area contributed by atoms with Crippen LogP contribution >= 0.6 is 12.4 Å². The summed E-state index contributed by atoms with van der Waals surface area (Å²) in [6, 6.07) is 9.85. The number of benzene rings is 1. The Hall–Kier alpha value is -2.38.